The van der Waals surface area contributed by atoms with Crippen LogP contribution in [-0.2, 0) is 26.2 Å². The Labute approximate surface area is 238 Å². The van der Waals surface area contributed by atoms with Crippen molar-refractivity contribution < 1.29 is 22.4 Å². The zero-order valence-electron chi connectivity index (χ0n) is 21.6. The number of nitrogens with one attached hydrogen (secondary N) is 1. The second kappa shape index (κ2) is 13.8. The minimum Gasteiger partial charge on any atom is -0.354 e. The van der Waals surface area contributed by atoms with Crippen LogP contribution in [0.25, 0.3) is 0 Å². The third-order valence-electron chi connectivity index (χ3n) is 6.11. The highest BCUT2D eigenvalue weighted by Gasteiger charge is 2.33. The van der Waals surface area contributed by atoms with Gasteiger partial charge in [-0.25, -0.2) is 12.8 Å². The molecule has 0 fully saturated rings. The Morgan fingerprint density at radius 3 is 2.31 bits per heavy atom. The van der Waals surface area contributed by atoms with Gasteiger partial charge in [0.15, 0.2) is 0 Å². The summed E-state index contributed by atoms with van der Waals surface area (Å²) >= 11 is 12.6. The number of unbranched alkanes of at least 4 members (excludes halogenated alkanes) is 1. The molecule has 0 saturated heterocycles. The van der Waals surface area contributed by atoms with Crippen molar-refractivity contribution in [2.45, 2.75) is 44.2 Å². The molecule has 0 spiro atoms. The van der Waals surface area contributed by atoms with Gasteiger partial charge in [-0.15, -0.1) is 0 Å². The maximum atomic E-state index is 14.6. The summed E-state index contributed by atoms with van der Waals surface area (Å²) in [5, 5.41) is 2.82. The van der Waals surface area contributed by atoms with Crippen molar-refractivity contribution in [3.05, 3.63) is 94.2 Å². The predicted molar refractivity (Wildman–Crippen MR) is 152 cm³/mol. The van der Waals surface area contributed by atoms with Crippen LogP contribution >= 0.6 is 23.2 Å². The van der Waals surface area contributed by atoms with Gasteiger partial charge >= 0.3 is 0 Å². The molecule has 39 heavy (non-hydrogen) atoms. The summed E-state index contributed by atoms with van der Waals surface area (Å²) in [7, 11) is -4.30. The number of amides is 2. The van der Waals surface area contributed by atoms with E-state index in [4.69, 9.17) is 23.2 Å². The number of nitrogens with zero attached hydrogens (tertiary/aromatic N) is 2. The Balaban J connectivity index is 2.04. The van der Waals surface area contributed by atoms with Crippen molar-refractivity contribution in [2.24, 2.45) is 0 Å². The SMILES string of the molecule is CCCCNC(=O)[C@@H](C)N(Cc1ccccc1F)C(=O)CN(c1cccc(Cl)c1Cl)S(=O)(=O)c1ccccc1. The second-order valence-electron chi connectivity index (χ2n) is 8.83. The number of halogens is 3. The number of rotatable bonds is 12. The fourth-order valence-corrected chi connectivity index (χ4v) is 5.74. The van der Waals surface area contributed by atoms with Gasteiger partial charge in [-0.3, -0.25) is 13.9 Å². The first-order chi connectivity index (χ1) is 18.6. The lowest BCUT2D eigenvalue weighted by atomic mass is 10.1. The molecule has 0 bridgehead atoms. The van der Waals surface area contributed by atoms with Gasteiger partial charge in [0.2, 0.25) is 11.8 Å². The van der Waals surface area contributed by atoms with E-state index in [1.54, 1.807) is 24.3 Å². The first-order valence-electron chi connectivity index (χ1n) is 12.4. The monoisotopic (exact) mass is 593 g/mol. The average Bonchev–Trinajstić information content (AvgIpc) is 2.93. The van der Waals surface area contributed by atoms with Crippen molar-refractivity contribution in [2.75, 3.05) is 17.4 Å². The van der Waals surface area contributed by atoms with Crippen molar-refractivity contribution >= 4 is 50.7 Å². The van der Waals surface area contributed by atoms with Crippen LogP contribution in [0.3, 0.4) is 0 Å². The summed E-state index contributed by atoms with van der Waals surface area (Å²) in [4.78, 5) is 27.9. The van der Waals surface area contributed by atoms with Crippen LogP contribution in [0.5, 0.6) is 0 Å². The number of carbonyl (C=O) groups is 2. The molecule has 1 N–H and O–H groups in total. The first-order valence-corrected chi connectivity index (χ1v) is 14.6. The summed E-state index contributed by atoms with van der Waals surface area (Å²) < 4.78 is 43.0. The van der Waals surface area contributed by atoms with Gasteiger partial charge in [0, 0.05) is 18.7 Å². The highest BCUT2D eigenvalue weighted by molar-refractivity contribution is 7.92. The molecule has 0 aromatic heterocycles. The Morgan fingerprint density at radius 2 is 1.64 bits per heavy atom. The van der Waals surface area contributed by atoms with Gasteiger partial charge in [0.25, 0.3) is 10.0 Å². The normalized spacial score (nSPS) is 12.0. The van der Waals surface area contributed by atoms with E-state index < -0.39 is 40.2 Å². The molecule has 0 aliphatic rings. The lowest BCUT2D eigenvalue weighted by Gasteiger charge is -2.32. The van der Waals surface area contributed by atoms with Crippen LogP contribution in [0.1, 0.15) is 32.3 Å². The summed E-state index contributed by atoms with van der Waals surface area (Å²) in [6.07, 6.45) is 1.61. The molecular weight excluding hydrogens is 564 g/mol. The molecular formula is C28H30Cl2FN3O4S. The Hall–Kier alpha value is -3.14. The summed E-state index contributed by atoms with van der Waals surface area (Å²) in [6.45, 7) is 2.94. The maximum absolute atomic E-state index is 14.6. The molecule has 7 nitrogen and oxygen atoms in total. The lowest BCUT2D eigenvalue weighted by Crippen LogP contribution is -2.51. The number of benzene rings is 3. The summed E-state index contributed by atoms with van der Waals surface area (Å²) in [6, 6.07) is 16.9. The van der Waals surface area contributed by atoms with Gasteiger partial charge in [-0.05, 0) is 43.7 Å². The zero-order chi connectivity index (χ0) is 28.6. The summed E-state index contributed by atoms with van der Waals surface area (Å²) in [5.41, 5.74) is 0.171. The van der Waals surface area contributed by atoms with Gasteiger partial charge in [-0.2, -0.15) is 0 Å². The highest BCUT2D eigenvalue weighted by atomic mass is 35.5. The molecule has 0 aliphatic heterocycles. The maximum Gasteiger partial charge on any atom is 0.264 e. The molecule has 3 aromatic carbocycles. The van der Waals surface area contributed by atoms with Crippen LogP contribution < -0.4 is 9.62 Å². The van der Waals surface area contributed by atoms with E-state index in [0.717, 1.165) is 22.0 Å². The van der Waals surface area contributed by atoms with E-state index in [1.807, 2.05) is 6.92 Å². The quantitative estimate of drug-likeness (QED) is 0.274. The van der Waals surface area contributed by atoms with E-state index in [9.17, 15) is 22.4 Å². The molecule has 2 amide bonds. The van der Waals surface area contributed by atoms with Gasteiger partial charge in [0.05, 0.1) is 20.6 Å². The van der Waals surface area contributed by atoms with Crippen LogP contribution in [0.4, 0.5) is 10.1 Å². The smallest absolute Gasteiger partial charge is 0.264 e. The lowest BCUT2D eigenvalue weighted by molar-refractivity contribution is -0.139. The van der Waals surface area contributed by atoms with Gasteiger partial charge in [-0.1, -0.05) is 79.0 Å². The van der Waals surface area contributed by atoms with Crippen molar-refractivity contribution in [3.8, 4) is 0 Å². The first kappa shape index (κ1) is 30.4. The van der Waals surface area contributed by atoms with Crippen LogP contribution in [0.15, 0.2) is 77.7 Å². The molecule has 0 saturated carbocycles. The van der Waals surface area contributed by atoms with Crippen molar-refractivity contribution in [1.29, 1.82) is 0 Å². The third-order valence-corrected chi connectivity index (χ3v) is 8.69. The molecule has 3 rings (SSSR count). The molecule has 0 aliphatic carbocycles. The highest BCUT2D eigenvalue weighted by Crippen LogP contribution is 2.35. The van der Waals surface area contributed by atoms with E-state index in [0.29, 0.717) is 6.54 Å². The number of carbonyl (C=O) groups excluding carboxylic acids is 2. The number of sulfonamides is 1. The van der Waals surface area contributed by atoms with E-state index in [-0.39, 0.29) is 32.7 Å². The minimum absolute atomic E-state index is 0.00717. The van der Waals surface area contributed by atoms with E-state index >= 15 is 0 Å². The number of anilines is 1. The van der Waals surface area contributed by atoms with Gasteiger partial charge < -0.3 is 10.2 Å². The zero-order valence-corrected chi connectivity index (χ0v) is 23.9. The van der Waals surface area contributed by atoms with E-state index in [2.05, 4.69) is 5.32 Å². The predicted octanol–water partition coefficient (Wildman–Crippen LogP) is 5.66. The van der Waals surface area contributed by atoms with Crippen LogP contribution in [-0.4, -0.2) is 44.3 Å². The molecule has 3 aromatic rings. The molecule has 11 heteroatoms. The molecule has 0 radical (unpaired) electrons. The van der Waals surface area contributed by atoms with Crippen LogP contribution in [0, 0.1) is 5.82 Å². The largest absolute Gasteiger partial charge is 0.354 e. The second-order valence-corrected chi connectivity index (χ2v) is 11.5. The number of hydrogen-bond acceptors (Lipinski definition) is 4. The van der Waals surface area contributed by atoms with Crippen molar-refractivity contribution in [3.63, 3.8) is 0 Å². The van der Waals surface area contributed by atoms with Crippen LogP contribution in [0.2, 0.25) is 10.0 Å². The Kier molecular flexibility index (Phi) is 10.7. The Bertz CT molecular complexity index is 1410. The fraction of sp³-hybridized carbons (Fsp3) is 0.286. The molecule has 0 unspecified atom stereocenters. The standard InChI is InChI=1S/C28H30Cl2FN3O4S/c1-3-4-17-32-28(36)20(2)33(18-21-11-8-9-15-24(21)31)26(35)19-34(25-16-10-14-23(29)27(25)30)39(37,38)22-12-6-5-7-13-22/h5-16,20H,3-4,17-19H2,1-2H3,(H,32,36)/t20-/m1/s1. The summed E-state index contributed by atoms with van der Waals surface area (Å²) in [5.74, 6) is -1.72. The average molecular weight is 595 g/mol. The third kappa shape index (κ3) is 7.50. The Morgan fingerprint density at radius 1 is 0.974 bits per heavy atom. The van der Waals surface area contributed by atoms with Crippen molar-refractivity contribution in [1.82, 2.24) is 10.2 Å². The fourth-order valence-electron chi connectivity index (χ4n) is 3.85. The molecule has 0 heterocycles. The molecule has 208 valence electrons. The topological polar surface area (TPSA) is 86.8 Å². The minimum atomic E-state index is -4.30. The number of hydrogen-bond donors (Lipinski definition) is 1. The van der Waals surface area contributed by atoms with E-state index in [1.165, 1.54) is 55.5 Å². The van der Waals surface area contributed by atoms with Gasteiger partial charge in [0.1, 0.15) is 18.4 Å². The molecule has 1 atom stereocenters.